The number of nitrogens with zero attached hydrogens (tertiary/aromatic N) is 4. The van der Waals surface area contributed by atoms with Crippen LogP contribution >= 0.6 is 0 Å². The van der Waals surface area contributed by atoms with E-state index in [0.717, 1.165) is 19.5 Å². The fourth-order valence-electron chi connectivity index (χ4n) is 1.86. The Balaban J connectivity index is 1.67. The van der Waals surface area contributed by atoms with Gasteiger partial charge in [-0.05, 0) is 38.9 Å². The molecule has 0 aliphatic carbocycles. The lowest BCUT2D eigenvalue weighted by atomic mass is 10.4. The van der Waals surface area contributed by atoms with Gasteiger partial charge >= 0.3 is 0 Å². The van der Waals surface area contributed by atoms with E-state index in [2.05, 4.69) is 15.1 Å². The van der Waals surface area contributed by atoms with Gasteiger partial charge in [0.1, 0.15) is 0 Å². The third-order valence-electron chi connectivity index (χ3n) is 2.59. The van der Waals surface area contributed by atoms with Gasteiger partial charge in [0.25, 0.3) is 0 Å². The topological polar surface area (TPSA) is 60.0 Å². The van der Waals surface area contributed by atoms with Gasteiger partial charge in [-0.3, -0.25) is 0 Å². The molecule has 0 radical (unpaired) electrons. The highest BCUT2D eigenvalue weighted by molar-refractivity contribution is 5.19. The van der Waals surface area contributed by atoms with Gasteiger partial charge in [-0.15, -0.1) is 5.10 Å². The van der Waals surface area contributed by atoms with Crippen LogP contribution in [0.2, 0.25) is 0 Å². The van der Waals surface area contributed by atoms with E-state index in [9.17, 15) is 0 Å². The first-order valence-electron chi connectivity index (χ1n) is 5.22. The quantitative estimate of drug-likeness (QED) is 0.753. The van der Waals surface area contributed by atoms with Crippen molar-refractivity contribution in [2.75, 3.05) is 25.4 Å². The zero-order valence-electron chi connectivity index (χ0n) is 8.39. The fraction of sp³-hybridized carbons (Fsp3) is 0.778. The lowest BCUT2D eigenvalue weighted by Gasteiger charge is -2.13. The normalized spacial score (nSPS) is 17.7. The molecule has 5 nitrogen and oxygen atoms in total. The van der Waals surface area contributed by atoms with Crippen LogP contribution < -0.4 is 5.73 Å². The minimum absolute atomic E-state index is 0.506. The molecular formula is C9H17N5. The van der Waals surface area contributed by atoms with E-state index in [1.165, 1.54) is 25.9 Å². The van der Waals surface area contributed by atoms with Gasteiger partial charge in [-0.1, -0.05) is 0 Å². The largest absolute Gasteiger partial charge is 0.381 e. The van der Waals surface area contributed by atoms with Crippen molar-refractivity contribution < 1.29 is 0 Å². The summed E-state index contributed by atoms with van der Waals surface area (Å²) in [5.74, 6) is 0.506. The predicted molar refractivity (Wildman–Crippen MR) is 54.7 cm³/mol. The standard InChI is InChI=1S/C9H17N5/c10-9-8-11-14(12-9)7-3-6-13-4-1-2-5-13/h8H,1-7H2,(H2,10,12). The van der Waals surface area contributed by atoms with Crippen LogP contribution in [0.1, 0.15) is 19.3 Å². The van der Waals surface area contributed by atoms with Crippen molar-refractivity contribution in [3.63, 3.8) is 0 Å². The maximum absolute atomic E-state index is 5.47. The second-order valence-corrected chi connectivity index (χ2v) is 3.77. The van der Waals surface area contributed by atoms with E-state index in [1.54, 1.807) is 11.0 Å². The molecule has 2 N–H and O–H groups in total. The number of nitrogen functional groups attached to an aromatic ring is 1. The van der Waals surface area contributed by atoms with E-state index in [1.807, 2.05) is 0 Å². The second kappa shape index (κ2) is 4.41. The van der Waals surface area contributed by atoms with Crippen LogP contribution in [0.15, 0.2) is 6.20 Å². The third kappa shape index (κ3) is 2.45. The van der Waals surface area contributed by atoms with Gasteiger partial charge in [-0.2, -0.15) is 9.90 Å². The SMILES string of the molecule is Nc1cnn(CCCN2CCCC2)n1. The second-order valence-electron chi connectivity index (χ2n) is 3.77. The van der Waals surface area contributed by atoms with Gasteiger partial charge in [0, 0.05) is 0 Å². The number of rotatable bonds is 4. The smallest absolute Gasteiger partial charge is 0.165 e. The summed E-state index contributed by atoms with van der Waals surface area (Å²) in [6, 6.07) is 0. The van der Waals surface area contributed by atoms with Gasteiger partial charge in [0.15, 0.2) is 5.82 Å². The number of nitrogens with two attached hydrogens (primary N) is 1. The highest BCUT2D eigenvalue weighted by atomic mass is 15.5. The number of hydrogen-bond donors (Lipinski definition) is 1. The molecule has 1 aliphatic heterocycles. The first-order chi connectivity index (χ1) is 6.84. The van der Waals surface area contributed by atoms with E-state index in [4.69, 9.17) is 5.73 Å². The molecule has 1 aromatic rings. The first-order valence-corrected chi connectivity index (χ1v) is 5.22. The summed E-state index contributed by atoms with van der Waals surface area (Å²) in [6.45, 7) is 4.54. The Bertz CT molecular complexity index is 276. The maximum atomic E-state index is 5.47. The van der Waals surface area contributed by atoms with Crippen LogP contribution in [0.4, 0.5) is 5.82 Å². The summed E-state index contributed by atoms with van der Waals surface area (Å²) in [5.41, 5.74) is 5.47. The van der Waals surface area contributed by atoms with Gasteiger partial charge in [-0.25, -0.2) is 0 Å². The van der Waals surface area contributed by atoms with Crippen molar-refractivity contribution in [2.45, 2.75) is 25.8 Å². The fourth-order valence-corrected chi connectivity index (χ4v) is 1.86. The highest BCUT2D eigenvalue weighted by Crippen LogP contribution is 2.07. The number of hydrogen-bond acceptors (Lipinski definition) is 4. The van der Waals surface area contributed by atoms with Crippen LogP contribution in [0, 0.1) is 0 Å². The number of aryl methyl sites for hydroxylation is 1. The molecule has 0 saturated carbocycles. The summed E-state index contributed by atoms with van der Waals surface area (Å²) in [6.07, 6.45) is 5.41. The molecule has 1 saturated heterocycles. The van der Waals surface area contributed by atoms with Crippen LogP contribution in [-0.2, 0) is 6.54 Å². The summed E-state index contributed by atoms with van der Waals surface area (Å²) < 4.78 is 0. The van der Waals surface area contributed by atoms with Crippen molar-refractivity contribution in [3.05, 3.63) is 6.20 Å². The molecule has 0 unspecified atom stereocenters. The zero-order valence-corrected chi connectivity index (χ0v) is 8.39. The Hall–Kier alpha value is -1.10. The van der Waals surface area contributed by atoms with Gasteiger partial charge in [0.2, 0.25) is 0 Å². The Labute approximate surface area is 83.9 Å². The number of aromatic nitrogens is 3. The summed E-state index contributed by atoms with van der Waals surface area (Å²) >= 11 is 0. The molecule has 0 aromatic carbocycles. The number of likely N-dealkylation sites (tertiary alicyclic amines) is 1. The minimum atomic E-state index is 0.506. The molecule has 14 heavy (non-hydrogen) atoms. The third-order valence-corrected chi connectivity index (χ3v) is 2.59. The molecule has 0 spiro atoms. The van der Waals surface area contributed by atoms with Crippen LogP contribution in [0.5, 0.6) is 0 Å². The monoisotopic (exact) mass is 195 g/mol. The molecular weight excluding hydrogens is 178 g/mol. The van der Waals surface area contributed by atoms with Crippen molar-refractivity contribution in [1.82, 2.24) is 19.9 Å². The van der Waals surface area contributed by atoms with Crippen molar-refractivity contribution in [2.24, 2.45) is 0 Å². The van der Waals surface area contributed by atoms with E-state index < -0.39 is 0 Å². The molecule has 78 valence electrons. The van der Waals surface area contributed by atoms with Crippen LogP contribution in [-0.4, -0.2) is 39.5 Å². The molecule has 0 bridgehead atoms. The van der Waals surface area contributed by atoms with Gasteiger partial charge in [0.05, 0.1) is 12.7 Å². The Morgan fingerprint density at radius 2 is 2.07 bits per heavy atom. The molecule has 0 amide bonds. The van der Waals surface area contributed by atoms with Gasteiger partial charge < -0.3 is 10.6 Å². The van der Waals surface area contributed by atoms with Crippen molar-refractivity contribution in [1.29, 1.82) is 0 Å². The maximum Gasteiger partial charge on any atom is 0.165 e. The van der Waals surface area contributed by atoms with E-state index in [-0.39, 0.29) is 0 Å². The van der Waals surface area contributed by atoms with Crippen molar-refractivity contribution in [3.8, 4) is 0 Å². The van der Waals surface area contributed by atoms with Crippen LogP contribution in [0.3, 0.4) is 0 Å². The van der Waals surface area contributed by atoms with Crippen LogP contribution in [0.25, 0.3) is 0 Å². The van der Waals surface area contributed by atoms with E-state index in [0.29, 0.717) is 5.82 Å². The lowest BCUT2D eigenvalue weighted by Crippen LogP contribution is -2.21. The minimum Gasteiger partial charge on any atom is -0.381 e. The lowest BCUT2D eigenvalue weighted by molar-refractivity contribution is 0.317. The molecule has 2 heterocycles. The van der Waals surface area contributed by atoms with Crippen molar-refractivity contribution >= 4 is 5.82 Å². The predicted octanol–water partition coefficient (Wildman–Crippen LogP) is 0.346. The molecule has 1 aliphatic rings. The Morgan fingerprint density at radius 1 is 1.29 bits per heavy atom. The van der Waals surface area contributed by atoms with E-state index >= 15 is 0 Å². The average molecular weight is 195 g/mol. The molecule has 0 atom stereocenters. The molecule has 1 aromatic heterocycles. The Kier molecular flexibility index (Phi) is 2.98. The Morgan fingerprint density at radius 3 is 2.71 bits per heavy atom. The highest BCUT2D eigenvalue weighted by Gasteiger charge is 2.10. The number of anilines is 1. The molecule has 1 fully saturated rings. The first kappa shape index (κ1) is 9.45. The summed E-state index contributed by atoms with van der Waals surface area (Å²) in [7, 11) is 0. The summed E-state index contributed by atoms with van der Waals surface area (Å²) in [5, 5.41) is 8.08. The zero-order chi connectivity index (χ0) is 9.80. The average Bonchev–Trinajstić information content (AvgIpc) is 2.77. The molecule has 2 rings (SSSR count). The molecule has 5 heteroatoms. The summed E-state index contributed by atoms with van der Waals surface area (Å²) in [4.78, 5) is 4.16.